The maximum atomic E-state index is 11.9. The van der Waals surface area contributed by atoms with Gasteiger partial charge in [-0.2, -0.15) is 0 Å². The molecule has 6 nitrogen and oxygen atoms in total. The molecule has 1 aromatic rings. The fourth-order valence-corrected chi connectivity index (χ4v) is 2.70. The summed E-state index contributed by atoms with van der Waals surface area (Å²) >= 11 is 0. The van der Waals surface area contributed by atoms with Gasteiger partial charge in [-0.25, -0.2) is 17.9 Å². The van der Waals surface area contributed by atoms with Crippen molar-refractivity contribution < 1.29 is 18.3 Å². The molecule has 1 fully saturated rings. The van der Waals surface area contributed by atoms with E-state index in [1.54, 1.807) is 0 Å². The number of carboxylic acids is 1. The number of carbonyl (C=O) groups is 1. The van der Waals surface area contributed by atoms with Crippen molar-refractivity contribution in [1.82, 2.24) is 9.29 Å². The highest BCUT2D eigenvalue weighted by atomic mass is 32.2. The first-order chi connectivity index (χ1) is 8.45. The molecule has 98 valence electrons. The highest BCUT2D eigenvalue weighted by Gasteiger charge is 2.30. The quantitative estimate of drug-likeness (QED) is 0.754. The minimum Gasteiger partial charge on any atom is -0.477 e. The van der Waals surface area contributed by atoms with Crippen molar-refractivity contribution in [3.05, 3.63) is 30.6 Å². The Kier molecular flexibility index (Phi) is 3.27. The van der Waals surface area contributed by atoms with Crippen LogP contribution in [-0.4, -0.2) is 30.6 Å². The van der Waals surface area contributed by atoms with E-state index in [1.165, 1.54) is 22.9 Å². The monoisotopic (exact) mass is 270 g/mol. The van der Waals surface area contributed by atoms with Gasteiger partial charge in [-0.05, 0) is 18.9 Å². The van der Waals surface area contributed by atoms with Crippen molar-refractivity contribution in [2.75, 3.05) is 6.54 Å². The van der Waals surface area contributed by atoms with Crippen LogP contribution in [0.1, 0.15) is 29.4 Å². The molecule has 0 atom stereocenters. The van der Waals surface area contributed by atoms with Crippen LogP contribution in [0.2, 0.25) is 0 Å². The van der Waals surface area contributed by atoms with Gasteiger partial charge in [-0.3, -0.25) is 0 Å². The minimum absolute atomic E-state index is 0.0106. The van der Waals surface area contributed by atoms with Gasteiger partial charge < -0.3 is 9.67 Å². The fourth-order valence-electron chi connectivity index (χ4n) is 1.68. The van der Waals surface area contributed by atoms with Gasteiger partial charge in [-0.15, -0.1) is 6.58 Å². The fraction of sp³-hybridized carbons (Fsp3) is 0.364. The maximum absolute atomic E-state index is 11.9. The second-order valence-corrected chi connectivity index (χ2v) is 5.91. The normalized spacial score (nSPS) is 15.6. The van der Waals surface area contributed by atoms with Crippen molar-refractivity contribution in [2.24, 2.45) is 0 Å². The molecule has 1 aromatic heterocycles. The van der Waals surface area contributed by atoms with Gasteiger partial charge >= 0.3 is 5.97 Å². The smallest absolute Gasteiger partial charge is 0.352 e. The number of hydrogen-bond donors (Lipinski definition) is 2. The van der Waals surface area contributed by atoms with E-state index in [-0.39, 0.29) is 23.2 Å². The van der Waals surface area contributed by atoms with E-state index in [1.807, 2.05) is 0 Å². The first-order valence-electron chi connectivity index (χ1n) is 5.51. The van der Waals surface area contributed by atoms with Gasteiger partial charge in [0, 0.05) is 18.8 Å². The number of carboxylic acid groups (broad SMARTS) is 1. The Hall–Kier alpha value is -1.60. The Morgan fingerprint density at radius 2 is 2.28 bits per heavy atom. The molecule has 0 radical (unpaired) electrons. The third kappa shape index (κ3) is 2.46. The van der Waals surface area contributed by atoms with Gasteiger partial charge in [0.1, 0.15) is 10.6 Å². The van der Waals surface area contributed by atoms with Crippen LogP contribution in [0.15, 0.2) is 29.8 Å². The van der Waals surface area contributed by atoms with Gasteiger partial charge in [-0.1, -0.05) is 6.08 Å². The molecule has 7 heteroatoms. The molecule has 0 spiro atoms. The molecule has 0 saturated heterocycles. The van der Waals surface area contributed by atoms with E-state index >= 15 is 0 Å². The molecule has 0 bridgehead atoms. The third-order valence-electron chi connectivity index (χ3n) is 2.71. The van der Waals surface area contributed by atoms with Gasteiger partial charge in [0.25, 0.3) is 0 Å². The molecular formula is C11H14N2O4S. The van der Waals surface area contributed by atoms with Crippen LogP contribution in [0.3, 0.4) is 0 Å². The number of sulfonamides is 1. The Bertz CT molecular complexity index is 584. The third-order valence-corrected chi connectivity index (χ3v) is 4.10. The molecule has 0 aliphatic heterocycles. The topological polar surface area (TPSA) is 88.4 Å². The molecular weight excluding hydrogens is 256 g/mol. The van der Waals surface area contributed by atoms with E-state index in [0.29, 0.717) is 0 Å². The van der Waals surface area contributed by atoms with Crippen LogP contribution in [0, 0.1) is 0 Å². The summed E-state index contributed by atoms with van der Waals surface area (Å²) in [7, 11) is -3.67. The van der Waals surface area contributed by atoms with Crippen molar-refractivity contribution in [3.8, 4) is 0 Å². The summed E-state index contributed by atoms with van der Waals surface area (Å²) in [4.78, 5) is 11.0. The number of aromatic carboxylic acids is 1. The molecule has 1 saturated carbocycles. The van der Waals surface area contributed by atoms with Crippen LogP contribution < -0.4 is 4.72 Å². The van der Waals surface area contributed by atoms with Gasteiger partial charge in [0.2, 0.25) is 10.0 Å². The van der Waals surface area contributed by atoms with Crippen molar-refractivity contribution in [2.45, 2.75) is 23.8 Å². The predicted octanol–water partition coefficient (Wildman–Crippen LogP) is 0.985. The SMILES string of the molecule is C=CCNS(=O)(=O)c1cc(C(=O)O)n(C2CC2)c1. The summed E-state index contributed by atoms with van der Waals surface area (Å²) in [5.41, 5.74) is 0.0106. The molecule has 2 rings (SSSR count). The largest absolute Gasteiger partial charge is 0.477 e. The zero-order chi connectivity index (χ0) is 13.3. The lowest BCUT2D eigenvalue weighted by Crippen LogP contribution is -2.23. The van der Waals surface area contributed by atoms with Crippen LogP contribution in [0.25, 0.3) is 0 Å². The summed E-state index contributed by atoms with van der Waals surface area (Å²) in [6, 6.07) is 1.30. The number of rotatable bonds is 6. The van der Waals surface area contributed by atoms with Gasteiger partial charge in [0.15, 0.2) is 0 Å². The number of hydrogen-bond acceptors (Lipinski definition) is 3. The lowest BCUT2D eigenvalue weighted by molar-refractivity contribution is 0.0685. The highest BCUT2D eigenvalue weighted by Crippen LogP contribution is 2.37. The molecule has 1 heterocycles. The standard InChI is InChI=1S/C11H14N2O4S/c1-2-5-12-18(16,17)9-6-10(11(14)15)13(7-9)8-3-4-8/h2,6-8,12H,1,3-5H2,(H,14,15). The Balaban J connectivity index is 2.37. The van der Waals surface area contributed by atoms with E-state index in [0.717, 1.165) is 12.8 Å². The van der Waals surface area contributed by atoms with Crippen LogP contribution in [0.4, 0.5) is 0 Å². The molecule has 18 heavy (non-hydrogen) atoms. The van der Waals surface area contributed by atoms with Crippen molar-refractivity contribution >= 4 is 16.0 Å². The van der Waals surface area contributed by atoms with E-state index in [2.05, 4.69) is 11.3 Å². The predicted molar refractivity (Wildman–Crippen MR) is 65.0 cm³/mol. The average Bonchev–Trinajstić information content (AvgIpc) is 3.04. The van der Waals surface area contributed by atoms with E-state index in [9.17, 15) is 13.2 Å². The highest BCUT2D eigenvalue weighted by molar-refractivity contribution is 7.89. The minimum atomic E-state index is -3.67. The molecule has 0 unspecified atom stereocenters. The van der Waals surface area contributed by atoms with Gasteiger partial charge in [0.05, 0.1) is 0 Å². The number of nitrogens with one attached hydrogen (secondary N) is 1. The summed E-state index contributed by atoms with van der Waals surface area (Å²) in [6.07, 6.45) is 4.57. The first kappa shape index (κ1) is 12.8. The second kappa shape index (κ2) is 4.58. The molecule has 1 aliphatic carbocycles. The summed E-state index contributed by atoms with van der Waals surface area (Å²) < 4.78 is 27.5. The summed E-state index contributed by atoms with van der Waals surface area (Å²) in [6.45, 7) is 3.53. The van der Waals surface area contributed by atoms with E-state index in [4.69, 9.17) is 5.11 Å². The van der Waals surface area contributed by atoms with Crippen LogP contribution >= 0.6 is 0 Å². The molecule has 0 amide bonds. The molecule has 1 aliphatic rings. The van der Waals surface area contributed by atoms with Crippen molar-refractivity contribution in [1.29, 1.82) is 0 Å². The number of aromatic nitrogens is 1. The Labute approximate surface area is 105 Å². The summed E-state index contributed by atoms with van der Waals surface area (Å²) in [5.74, 6) is -1.12. The van der Waals surface area contributed by atoms with Crippen LogP contribution in [0.5, 0.6) is 0 Å². The molecule has 0 aromatic carbocycles. The zero-order valence-corrected chi connectivity index (χ0v) is 10.5. The lowest BCUT2D eigenvalue weighted by atomic mass is 10.4. The van der Waals surface area contributed by atoms with E-state index < -0.39 is 16.0 Å². The summed E-state index contributed by atoms with van der Waals surface area (Å²) in [5, 5.41) is 9.05. The second-order valence-electron chi connectivity index (χ2n) is 4.15. The molecule has 2 N–H and O–H groups in total. The number of nitrogens with zero attached hydrogens (tertiary/aromatic N) is 1. The Morgan fingerprint density at radius 3 is 2.78 bits per heavy atom. The first-order valence-corrected chi connectivity index (χ1v) is 7.00. The zero-order valence-electron chi connectivity index (χ0n) is 9.67. The lowest BCUT2D eigenvalue weighted by Gasteiger charge is -2.02. The van der Waals surface area contributed by atoms with Crippen LogP contribution in [-0.2, 0) is 10.0 Å². The average molecular weight is 270 g/mol. The Morgan fingerprint density at radius 1 is 1.61 bits per heavy atom. The maximum Gasteiger partial charge on any atom is 0.352 e. The van der Waals surface area contributed by atoms with Crippen molar-refractivity contribution in [3.63, 3.8) is 0 Å².